The zero-order valence-corrected chi connectivity index (χ0v) is 24.7. The molecule has 5 nitrogen and oxygen atoms in total. The number of piperidine rings is 1. The minimum Gasteiger partial charge on any atom is -0.324 e. The van der Waals surface area contributed by atoms with E-state index < -0.39 is 11.0 Å². The van der Waals surface area contributed by atoms with Gasteiger partial charge in [-0.15, -0.1) is 11.8 Å². The van der Waals surface area contributed by atoms with Crippen LogP contribution in [0.5, 0.6) is 0 Å². The molecule has 204 valence electrons. The van der Waals surface area contributed by atoms with Crippen molar-refractivity contribution in [3.05, 3.63) is 104 Å². The van der Waals surface area contributed by atoms with Gasteiger partial charge in [0.2, 0.25) is 0 Å². The van der Waals surface area contributed by atoms with Gasteiger partial charge in [0.25, 0.3) is 5.91 Å². The van der Waals surface area contributed by atoms with Crippen LogP contribution in [0.4, 0.5) is 5.69 Å². The van der Waals surface area contributed by atoms with E-state index in [2.05, 4.69) is 15.1 Å². The van der Waals surface area contributed by atoms with Gasteiger partial charge in [-0.3, -0.25) is 14.5 Å². The van der Waals surface area contributed by atoms with E-state index in [9.17, 15) is 4.79 Å². The van der Waals surface area contributed by atoms with Crippen molar-refractivity contribution in [3.63, 3.8) is 0 Å². The van der Waals surface area contributed by atoms with Crippen molar-refractivity contribution in [3.8, 4) is 0 Å². The Kier molecular flexibility index (Phi) is 6.39. The molecule has 0 aliphatic carbocycles. The fourth-order valence-electron chi connectivity index (χ4n) is 7.69. The van der Waals surface area contributed by atoms with Gasteiger partial charge in [0, 0.05) is 68.6 Å². The van der Waals surface area contributed by atoms with Crippen LogP contribution in [-0.4, -0.2) is 59.3 Å². The number of carbonyl (C=O) groups is 2. The first-order valence-electron chi connectivity index (χ1n) is 13.2. The first kappa shape index (κ1) is 26.6. The number of likely N-dealkylation sites (N-methyl/N-ethyl adjacent to an activating group) is 1. The Bertz CT molecular complexity index is 1610. The molecule has 4 atom stereocenters. The van der Waals surface area contributed by atoms with Crippen LogP contribution in [0.2, 0.25) is 15.1 Å². The monoisotopic (exact) mass is 609 g/mol. The molecule has 0 unspecified atom stereocenters. The van der Waals surface area contributed by atoms with Crippen molar-refractivity contribution < 1.29 is 9.59 Å². The van der Waals surface area contributed by atoms with Crippen LogP contribution in [0.1, 0.15) is 22.6 Å². The minimum atomic E-state index is -1.27. The zero-order chi connectivity index (χ0) is 27.8. The standard InChI is InChI=1S/C31H26Cl3N3O2S/c1-36-14-19(12-18-6-2-4-8-23(18)33)28(38)30(16-36)27(21-7-3-5-9-24(21)34)26-15-40-17-37(26)31(30)22-13-20(32)10-11-25(22)35-29(31)39/h2-13,26-27H,14-17H2,1H3,(H,35,39)/b19-12+/t26-,27+,30-,31-/m0/s1. The summed E-state index contributed by atoms with van der Waals surface area (Å²) in [7, 11) is 2.01. The summed E-state index contributed by atoms with van der Waals surface area (Å²) in [6.07, 6.45) is 1.89. The van der Waals surface area contributed by atoms with Gasteiger partial charge >= 0.3 is 0 Å². The number of fused-ring (bicyclic) bond motifs is 5. The molecule has 0 saturated carbocycles. The molecular weight excluding hydrogens is 585 g/mol. The molecule has 3 aromatic carbocycles. The van der Waals surface area contributed by atoms with Crippen LogP contribution < -0.4 is 5.32 Å². The van der Waals surface area contributed by atoms with Crippen molar-refractivity contribution in [2.75, 3.05) is 37.1 Å². The molecule has 2 spiro atoms. The van der Waals surface area contributed by atoms with Crippen LogP contribution in [0.25, 0.3) is 6.08 Å². The number of nitrogens with one attached hydrogen (secondary N) is 1. The number of hydrogen-bond acceptors (Lipinski definition) is 5. The Hall–Kier alpha value is -2.32. The second-order valence-electron chi connectivity index (χ2n) is 11.1. The SMILES string of the molecule is CN1C/C(=C\c2ccccc2Cl)C(=O)[C@]2(C1)[C@H](c1ccccc1Cl)[C@@H]1CSCN1[C@@]21C(=O)Nc2ccc(Cl)cc21. The summed E-state index contributed by atoms with van der Waals surface area (Å²) < 4.78 is 0. The number of hydrogen-bond donors (Lipinski definition) is 1. The van der Waals surface area contributed by atoms with Gasteiger partial charge < -0.3 is 10.2 Å². The van der Waals surface area contributed by atoms with Gasteiger partial charge in [-0.05, 0) is 54.6 Å². The maximum atomic E-state index is 15.3. The van der Waals surface area contributed by atoms with E-state index in [1.807, 2.05) is 73.8 Å². The Morgan fingerprint density at radius 3 is 2.52 bits per heavy atom. The Balaban J connectivity index is 1.56. The van der Waals surface area contributed by atoms with Crippen molar-refractivity contribution in [2.45, 2.75) is 17.5 Å². The third-order valence-electron chi connectivity index (χ3n) is 8.99. The van der Waals surface area contributed by atoms with Crippen LogP contribution in [0, 0.1) is 5.41 Å². The van der Waals surface area contributed by atoms with Crippen LogP contribution in [-0.2, 0) is 15.1 Å². The largest absolute Gasteiger partial charge is 0.324 e. The van der Waals surface area contributed by atoms with E-state index in [4.69, 9.17) is 34.8 Å². The van der Waals surface area contributed by atoms with Gasteiger partial charge in [-0.25, -0.2) is 0 Å². The van der Waals surface area contributed by atoms with Crippen LogP contribution in [0.3, 0.4) is 0 Å². The number of benzene rings is 3. The number of halogens is 3. The highest BCUT2D eigenvalue weighted by Crippen LogP contribution is 2.69. The molecule has 0 bridgehead atoms. The fraction of sp³-hybridized carbons (Fsp3) is 0.290. The van der Waals surface area contributed by atoms with Gasteiger partial charge in [-0.1, -0.05) is 71.2 Å². The van der Waals surface area contributed by atoms with Gasteiger partial charge in [0.1, 0.15) is 5.54 Å². The summed E-state index contributed by atoms with van der Waals surface area (Å²) in [5.41, 5.74) is 1.29. The molecule has 3 saturated heterocycles. The summed E-state index contributed by atoms with van der Waals surface area (Å²) in [6, 6.07) is 20.7. The van der Waals surface area contributed by atoms with Crippen LogP contribution in [0.15, 0.2) is 72.3 Å². The fourth-order valence-corrected chi connectivity index (χ4v) is 9.61. The quantitative estimate of drug-likeness (QED) is 0.334. The Morgan fingerprint density at radius 2 is 1.75 bits per heavy atom. The zero-order valence-electron chi connectivity index (χ0n) is 21.7. The second-order valence-corrected chi connectivity index (χ2v) is 13.3. The average molecular weight is 611 g/mol. The Labute approximate surface area is 252 Å². The molecule has 4 aliphatic heterocycles. The van der Waals surface area contributed by atoms with E-state index >= 15 is 4.79 Å². The maximum absolute atomic E-state index is 15.3. The number of amides is 1. The lowest BCUT2D eigenvalue weighted by atomic mass is 9.55. The molecule has 1 N–H and O–H groups in total. The van der Waals surface area contributed by atoms with Crippen LogP contribution >= 0.6 is 46.6 Å². The molecule has 9 heteroatoms. The smallest absolute Gasteiger partial charge is 0.250 e. The predicted octanol–water partition coefficient (Wildman–Crippen LogP) is 6.55. The lowest BCUT2D eigenvalue weighted by molar-refractivity contribution is -0.146. The number of ketones is 1. The van der Waals surface area contributed by atoms with Gasteiger partial charge in [0.05, 0.1) is 5.41 Å². The number of carbonyl (C=O) groups excluding carboxylic acids is 2. The topological polar surface area (TPSA) is 52.7 Å². The number of likely N-dealkylation sites (tertiary alicyclic amines) is 1. The average Bonchev–Trinajstić information content (AvgIpc) is 3.57. The molecule has 0 aromatic heterocycles. The summed E-state index contributed by atoms with van der Waals surface area (Å²) in [4.78, 5) is 34.3. The molecule has 0 radical (unpaired) electrons. The van der Waals surface area contributed by atoms with Gasteiger partial charge in [0.15, 0.2) is 5.78 Å². The number of nitrogens with zero attached hydrogens (tertiary/aromatic N) is 2. The van der Waals surface area contributed by atoms with E-state index in [0.29, 0.717) is 45.3 Å². The first-order chi connectivity index (χ1) is 19.3. The van der Waals surface area contributed by atoms with Crippen molar-refractivity contribution >= 4 is 70.0 Å². The third kappa shape index (κ3) is 3.50. The minimum absolute atomic E-state index is 0.0437. The second kappa shape index (κ2) is 9.62. The highest BCUT2D eigenvalue weighted by Gasteiger charge is 2.78. The molecule has 3 aromatic rings. The molecule has 4 heterocycles. The summed E-state index contributed by atoms with van der Waals surface area (Å²) in [5.74, 6) is 0.832. The summed E-state index contributed by atoms with van der Waals surface area (Å²) in [5, 5.41) is 4.84. The first-order valence-corrected chi connectivity index (χ1v) is 15.5. The van der Waals surface area contributed by atoms with Crippen molar-refractivity contribution in [2.24, 2.45) is 5.41 Å². The molecule has 3 fully saturated rings. The molecule has 7 rings (SSSR count). The molecule has 40 heavy (non-hydrogen) atoms. The van der Waals surface area contributed by atoms with Crippen molar-refractivity contribution in [1.82, 2.24) is 9.80 Å². The van der Waals surface area contributed by atoms with E-state index in [1.54, 1.807) is 17.8 Å². The van der Waals surface area contributed by atoms with E-state index in [0.717, 1.165) is 22.4 Å². The third-order valence-corrected chi connectivity index (χ3v) is 11.0. The van der Waals surface area contributed by atoms with Gasteiger partial charge in [-0.2, -0.15) is 0 Å². The highest BCUT2D eigenvalue weighted by atomic mass is 35.5. The number of thioether (sulfide) groups is 1. The maximum Gasteiger partial charge on any atom is 0.250 e. The normalized spacial score (nSPS) is 30.9. The lowest BCUT2D eigenvalue weighted by Gasteiger charge is -2.51. The highest BCUT2D eigenvalue weighted by molar-refractivity contribution is 7.99. The number of rotatable bonds is 2. The molecular formula is C31H26Cl3N3O2S. The number of anilines is 1. The van der Waals surface area contributed by atoms with E-state index in [-0.39, 0.29) is 23.7 Å². The predicted molar refractivity (Wildman–Crippen MR) is 163 cm³/mol. The van der Waals surface area contributed by atoms with Crippen molar-refractivity contribution in [1.29, 1.82) is 0 Å². The molecule has 1 amide bonds. The lowest BCUT2D eigenvalue weighted by Crippen LogP contribution is -2.65. The molecule has 4 aliphatic rings. The van der Waals surface area contributed by atoms with E-state index in [1.165, 1.54) is 0 Å². The Morgan fingerprint density at radius 1 is 1.00 bits per heavy atom. The summed E-state index contributed by atoms with van der Waals surface area (Å²) in [6.45, 7) is 0.833. The summed E-state index contributed by atoms with van der Waals surface area (Å²) >= 11 is 21.8. The number of Topliss-reactive ketones (excluding diaryl/α,β-unsaturated/α-hetero) is 1.